The Labute approximate surface area is 127 Å². The van der Waals surface area contributed by atoms with Crippen LogP contribution in [0.4, 0.5) is 5.69 Å². The number of nitrogen functional groups attached to an aromatic ring is 1. The molecule has 0 unspecified atom stereocenters. The number of halogens is 1. The van der Waals surface area contributed by atoms with E-state index in [-0.39, 0.29) is 17.1 Å². The maximum Gasteiger partial charge on any atom is 0.271 e. The second-order valence-corrected chi connectivity index (χ2v) is 4.40. The normalized spacial score (nSPS) is 9.71. The summed E-state index contributed by atoms with van der Waals surface area (Å²) >= 11 is 6.10. The highest BCUT2D eigenvalue weighted by molar-refractivity contribution is 6.32. The van der Waals surface area contributed by atoms with Gasteiger partial charge < -0.3 is 11.5 Å². The molecule has 2 aromatic rings. The molecule has 0 aliphatic heterocycles. The van der Waals surface area contributed by atoms with E-state index in [1.807, 2.05) is 20.8 Å². The third-order valence-corrected chi connectivity index (χ3v) is 2.94. The predicted molar refractivity (Wildman–Crippen MR) is 83.0 cm³/mol. The topological polar surface area (TPSA) is 104 Å². The summed E-state index contributed by atoms with van der Waals surface area (Å²) in [7, 11) is 0. The van der Waals surface area contributed by atoms with Crippen molar-refractivity contribution >= 4 is 29.5 Å². The summed E-state index contributed by atoms with van der Waals surface area (Å²) in [4.78, 5) is 22.3. The van der Waals surface area contributed by atoms with Crippen molar-refractivity contribution in [1.82, 2.24) is 9.78 Å². The Morgan fingerprint density at radius 1 is 1.38 bits per heavy atom. The zero-order chi connectivity index (χ0) is 16.2. The first-order chi connectivity index (χ1) is 9.95. The van der Waals surface area contributed by atoms with Gasteiger partial charge in [-0.25, -0.2) is 4.68 Å². The van der Waals surface area contributed by atoms with Crippen molar-refractivity contribution in [2.45, 2.75) is 20.8 Å². The van der Waals surface area contributed by atoms with Gasteiger partial charge in [-0.3, -0.25) is 9.59 Å². The van der Waals surface area contributed by atoms with Crippen molar-refractivity contribution in [2.24, 2.45) is 5.73 Å². The number of rotatable bonds is 3. The first kappa shape index (κ1) is 16.7. The van der Waals surface area contributed by atoms with Gasteiger partial charge in [0.15, 0.2) is 12.0 Å². The van der Waals surface area contributed by atoms with Gasteiger partial charge in [-0.05, 0) is 24.6 Å². The van der Waals surface area contributed by atoms with E-state index in [4.69, 9.17) is 23.1 Å². The number of hydrogen-bond acceptors (Lipinski definition) is 4. The van der Waals surface area contributed by atoms with Crippen LogP contribution in [0.25, 0.3) is 5.69 Å². The predicted octanol–water partition coefficient (Wildman–Crippen LogP) is 2.35. The summed E-state index contributed by atoms with van der Waals surface area (Å²) in [5.74, 6) is -0.803. The number of nitrogens with zero attached hydrogens (tertiary/aromatic N) is 2. The number of aryl methyl sites for hydroxylation is 1. The molecule has 0 fully saturated rings. The lowest BCUT2D eigenvalue weighted by Gasteiger charge is -2.06. The molecule has 0 spiro atoms. The quantitative estimate of drug-likeness (QED) is 0.849. The van der Waals surface area contributed by atoms with Crippen molar-refractivity contribution in [3.05, 3.63) is 40.2 Å². The van der Waals surface area contributed by atoms with Crippen molar-refractivity contribution in [3.63, 3.8) is 0 Å². The molecule has 1 amide bonds. The SMILES string of the molecule is CC.Cc1ccc(-n2nc(C(N)=O)c(N)c2C=O)c(Cl)c1. The average Bonchev–Trinajstić information content (AvgIpc) is 2.78. The smallest absolute Gasteiger partial charge is 0.271 e. The molecule has 0 radical (unpaired) electrons. The van der Waals surface area contributed by atoms with Crippen LogP contribution in [0.5, 0.6) is 0 Å². The molecular weight excluding hydrogens is 292 g/mol. The highest BCUT2D eigenvalue weighted by atomic mass is 35.5. The Hall–Kier alpha value is -2.34. The van der Waals surface area contributed by atoms with Crippen LogP contribution < -0.4 is 11.5 Å². The van der Waals surface area contributed by atoms with E-state index in [9.17, 15) is 9.59 Å². The second-order valence-electron chi connectivity index (χ2n) is 4.00. The summed E-state index contributed by atoms with van der Waals surface area (Å²) in [5, 5.41) is 4.33. The van der Waals surface area contributed by atoms with E-state index in [0.29, 0.717) is 17.0 Å². The van der Waals surface area contributed by atoms with Crippen LogP contribution in [0.15, 0.2) is 18.2 Å². The van der Waals surface area contributed by atoms with Gasteiger partial charge in [0, 0.05) is 0 Å². The Balaban J connectivity index is 0.00000106. The van der Waals surface area contributed by atoms with E-state index in [0.717, 1.165) is 5.56 Å². The van der Waals surface area contributed by atoms with Crippen LogP contribution in [-0.2, 0) is 0 Å². The lowest BCUT2D eigenvalue weighted by atomic mass is 10.2. The lowest BCUT2D eigenvalue weighted by Crippen LogP contribution is -2.14. The molecule has 21 heavy (non-hydrogen) atoms. The van der Waals surface area contributed by atoms with Crippen LogP contribution in [-0.4, -0.2) is 22.0 Å². The average molecular weight is 309 g/mol. The largest absolute Gasteiger partial charge is 0.395 e. The molecule has 1 aromatic carbocycles. The summed E-state index contributed by atoms with van der Waals surface area (Å²) in [6, 6.07) is 5.20. The highest BCUT2D eigenvalue weighted by Crippen LogP contribution is 2.25. The van der Waals surface area contributed by atoms with Crippen LogP contribution in [0.3, 0.4) is 0 Å². The van der Waals surface area contributed by atoms with Crippen molar-refractivity contribution in [1.29, 1.82) is 0 Å². The fraction of sp³-hybridized carbons (Fsp3) is 0.214. The minimum absolute atomic E-state index is 0.0413. The van der Waals surface area contributed by atoms with Gasteiger partial charge in [0.1, 0.15) is 5.69 Å². The van der Waals surface area contributed by atoms with Gasteiger partial charge in [-0.1, -0.05) is 31.5 Å². The molecule has 0 saturated carbocycles. The van der Waals surface area contributed by atoms with Gasteiger partial charge in [-0.2, -0.15) is 5.10 Å². The zero-order valence-electron chi connectivity index (χ0n) is 12.1. The van der Waals surface area contributed by atoms with Gasteiger partial charge >= 0.3 is 0 Å². The number of hydrogen-bond donors (Lipinski definition) is 2. The van der Waals surface area contributed by atoms with Crippen molar-refractivity contribution in [3.8, 4) is 5.69 Å². The minimum atomic E-state index is -0.803. The maximum atomic E-state index is 11.2. The minimum Gasteiger partial charge on any atom is -0.395 e. The van der Waals surface area contributed by atoms with Gasteiger partial charge in [0.25, 0.3) is 5.91 Å². The molecule has 1 aromatic heterocycles. The number of nitrogens with two attached hydrogens (primary N) is 2. The first-order valence-electron chi connectivity index (χ1n) is 6.35. The standard InChI is InChI=1S/C12H11ClN4O2.C2H6/c1-6-2-3-8(7(13)4-6)17-9(5-18)10(14)11(16-17)12(15)19;1-2/h2-5H,14H2,1H3,(H2,15,19);1-2H3. The number of amides is 1. The van der Waals surface area contributed by atoms with Crippen molar-refractivity contribution in [2.75, 3.05) is 5.73 Å². The van der Waals surface area contributed by atoms with Crippen LogP contribution in [0, 0.1) is 6.92 Å². The highest BCUT2D eigenvalue weighted by Gasteiger charge is 2.20. The van der Waals surface area contributed by atoms with E-state index in [1.54, 1.807) is 18.2 Å². The van der Waals surface area contributed by atoms with Gasteiger partial charge in [0.05, 0.1) is 16.4 Å². The number of benzene rings is 1. The maximum absolute atomic E-state index is 11.2. The first-order valence-corrected chi connectivity index (χ1v) is 6.73. The van der Waals surface area contributed by atoms with E-state index < -0.39 is 5.91 Å². The fourth-order valence-corrected chi connectivity index (χ4v) is 2.02. The van der Waals surface area contributed by atoms with Gasteiger partial charge in [-0.15, -0.1) is 0 Å². The molecule has 112 valence electrons. The Morgan fingerprint density at radius 3 is 2.48 bits per heavy atom. The fourth-order valence-electron chi connectivity index (χ4n) is 1.71. The lowest BCUT2D eigenvalue weighted by molar-refractivity contribution is 0.0995. The number of carbonyl (C=O) groups is 2. The number of aldehydes is 1. The molecule has 1 heterocycles. The molecule has 0 saturated heterocycles. The number of primary amides is 1. The third kappa shape index (κ3) is 3.22. The monoisotopic (exact) mass is 308 g/mol. The van der Waals surface area contributed by atoms with Crippen LogP contribution in [0.1, 0.15) is 40.4 Å². The van der Waals surface area contributed by atoms with Crippen LogP contribution in [0.2, 0.25) is 5.02 Å². The summed E-state index contributed by atoms with van der Waals surface area (Å²) in [6.45, 7) is 5.88. The van der Waals surface area contributed by atoms with Crippen molar-refractivity contribution < 1.29 is 9.59 Å². The molecular formula is C14H17ClN4O2. The van der Waals surface area contributed by atoms with E-state index in [2.05, 4.69) is 5.10 Å². The molecule has 0 aliphatic rings. The second kappa shape index (κ2) is 6.90. The third-order valence-electron chi connectivity index (χ3n) is 2.64. The summed E-state index contributed by atoms with van der Waals surface area (Å²) < 4.78 is 1.21. The summed E-state index contributed by atoms with van der Waals surface area (Å²) in [6.07, 6.45) is 0.505. The zero-order valence-corrected chi connectivity index (χ0v) is 12.8. The van der Waals surface area contributed by atoms with Crippen LogP contribution >= 0.6 is 11.6 Å². The van der Waals surface area contributed by atoms with E-state index >= 15 is 0 Å². The van der Waals surface area contributed by atoms with E-state index in [1.165, 1.54) is 4.68 Å². The molecule has 7 heteroatoms. The molecule has 2 rings (SSSR count). The Morgan fingerprint density at radius 2 is 2.00 bits per heavy atom. The number of carbonyl (C=O) groups excluding carboxylic acids is 2. The Bertz CT molecular complexity index is 680. The molecule has 6 nitrogen and oxygen atoms in total. The number of aromatic nitrogens is 2. The summed E-state index contributed by atoms with van der Waals surface area (Å²) in [5.41, 5.74) is 12.1. The van der Waals surface area contributed by atoms with Gasteiger partial charge in [0.2, 0.25) is 0 Å². The molecule has 0 bridgehead atoms. The Kier molecular flexibility index (Phi) is 5.49. The molecule has 4 N–H and O–H groups in total. The molecule has 0 aliphatic carbocycles. The number of anilines is 1. The molecule has 0 atom stereocenters.